The van der Waals surface area contributed by atoms with Crippen molar-refractivity contribution in [3.05, 3.63) is 41.5 Å². The van der Waals surface area contributed by atoms with Crippen LogP contribution >= 0.6 is 22.6 Å². The van der Waals surface area contributed by atoms with Crippen LogP contribution in [0.15, 0.2) is 30.3 Å². The van der Waals surface area contributed by atoms with Gasteiger partial charge in [0.1, 0.15) is 0 Å². The van der Waals surface area contributed by atoms with Crippen LogP contribution in [0.2, 0.25) is 0 Å². The van der Waals surface area contributed by atoms with Gasteiger partial charge in [0.2, 0.25) is 0 Å². The van der Waals surface area contributed by atoms with E-state index in [9.17, 15) is 0 Å². The Hall–Kier alpha value is -0.310. The smallest absolute Gasteiger partial charge is 0.0172 e. The van der Waals surface area contributed by atoms with Crippen LogP contribution in [0.3, 0.4) is 0 Å². The summed E-state index contributed by atoms with van der Waals surface area (Å²) in [5.41, 5.74) is 2.97. The van der Waals surface area contributed by atoms with Gasteiger partial charge in [-0.25, -0.2) is 0 Å². The number of hydrogen-bond donors (Lipinski definition) is 0. The Balaban J connectivity index is 2.38. The average molecular weight is 284 g/mol. The van der Waals surface area contributed by atoms with Crippen molar-refractivity contribution in [2.45, 2.75) is 25.7 Å². The molecule has 1 heteroatoms. The first-order chi connectivity index (χ1) is 6.33. The van der Waals surface area contributed by atoms with E-state index in [2.05, 4.69) is 59.9 Å². The second kappa shape index (κ2) is 3.82. The topological polar surface area (TPSA) is 0 Å². The molecule has 0 amide bonds. The van der Waals surface area contributed by atoms with Crippen LogP contribution in [0.5, 0.6) is 0 Å². The van der Waals surface area contributed by atoms with E-state index in [1.54, 1.807) is 0 Å². The van der Waals surface area contributed by atoms with Gasteiger partial charge in [0.25, 0.3) is 0 Å². The zero-order chi connectivity index (χ0) is 9.26. The summed E-state index contributed by atoms with van der Waals surface area (Å²) < 4.78 is 1.42. The molecule has 1 aliphatic carbocycles. The van der Waals surface area contributed by atoms with Gasteiger partial charge in [-0.15, -0.1) is 0 Å². The van der Waals surface area contributed by atoms with E-state index in [4.69, 9.17) is 0 Å². The monoisotopic (exact) mass is 284 g/mol. The first-order valence-corrected chi connectivity index (χ1v) is 5.87. The van der Waals surface area contributed by atoms with Gasteiger partial charge >= 0.3 is 0 Å². The second-order valence-corrected chi connectivity index (χ2v) is 4.66. The van der Waals surface area contributed by atoms with E-state index < -0.39 is 0 Å². The Morgan fingerprint density at radius 2 is 2.08 bits per heavy atom. The lowest BCUT2D eigenvalue weighted by Gasteiger charge is -2.08. The van der Waals surface area contributed by atoms with Crippen molar-refractivity contribution in [1.82, 2.24) is 0 Å². The molecule has 0 heterocycles. The third-order valence-electron chi connectivity index (χ3n) is 2.56. The van der Waals surface area contributed by atoms with Gasteiger partial charge in [0.05, 0.1) is 0 Å². The normalized spacial score (nSPS) is 19.8. The quantitative estimate of drug-likeness (QED) is 0.708. The van der Waals surface area contributed by atoms with E-state index in [1.807, 2.05) is 0 Å². The highest BCUT2D eigenvalue weighted by atomic mass is 127. The van der Waals surface area contributed by atoms with Gasteiger partial charge < -0.3 is 0 Å². The third-order valence-corrected chi connectivity index (χ3v) is 3.51. The van der Waals surface area contributed by atoms with Gasteiger partial charge in [0, 0.05) is 9.50 Å². The van der Waals surface area contributed by atoms with Gasteiger partial charge in [0.15, 0.2) is 0 Å². The molecule has 0 aromatic heterocycles. The average Bonchev–Trinajstić information content (AvgIpc) is 2.46. The van der Waals surface area contributed by atoms with Crippen LogP contribution in [0.25, 0.3) is 3.58 Å². The summed E-state index contributed by atoms with van der Waals surface area (Å²) in [5, 5.41) is 0. The number of allylic oxidation sites excluding steroid dienone is 1. The minimum Gasteiger partial charge on any atom is -0.0653 e. The van der Waals surface area contributed by atoms with Crippen LogP contribution in [0.1, 0.15) is 36.8 Å². The highest BCUT2D eigenvalue weighted by molar-refractivity contribution is 14.1. The molecule has 0 fully saturated rings. The molecule has 0 radical (unpaired) electrons. The van der Waals surface area contributed by atoms with Gasteiger partial charge in [-0.05, 0) is 40.1 Å². The number of fused-ring (bicyclic) bond motifs is 1. The maximum atomic E-state index is 2.44. The molecule has 0 saturated heterocycles. The van der Waals surface area contributed by atoms with Gasteiger partial charge in [-0.1, -0.05) is 43.7 Å². The van der Waals surface area contributed by atoms with Crippen molar-refractivity contribution in [2.75, 3.05) is 0 Å². The molecule has 0 bridgehead atoms. The van der Waals surface area contributed by atoms with Crippen molar-refractivity contribution in [1.29, 1.82) is 0 Å². The molecule has 2 rings (SSSR count). The Kier molecular flexibility index (Phi) is 2.72. The molecule has 13 heavy (non-hydrogen) atoms. The molecular weight excluding hydrogens is 271 g/mol. The Morgan fingerprint density at radius 3 is 2.85 bits per heavy atom. The van der Waals surface area contributed by atoms with Crippen LogP contribution in [-0.4, -0.2) is 0 Å². The van der Waals surface area contributed by atoms with Crippen LogP contribution in [-0.2, 0) is 0 Å². The SMILES string of the molecule is CCC[C@H]1C=C(I)c2ccccc21. The molecule has 1 aromatic carbocycles. The molecule has 0 unspecified atom stereocenters. The molecule has 68 valence electrons. The lowest BCUT2D eigenvalue weighted by molar-refractivity contribution is 0.725. The van der Waals surface area contributed by atoms with Crippen molar-refractivity contribution >= 4 is 26.2 Å². The first kappa shape index (κ1) is 9.25. The minimum absolute atomic E-state index is 0.674. The third kappa shape index (κ3) is 1.66. The van der Waals surface area contributed by atoms with Gasteiger partial charge in [-0.2, -0.15) is 0 Å². The summed E-state index contributed by atoms with van der Waals surface area (Å²) >= 11 is 2.44. The lowest BCUT2D eigenvalue weighted by Crippen LogP contribution is -1.91. The number of hydrogen-bond acceptors (Lipinski definition) is 0. The number of benzene rings is 1. The van der Waals surface area contributed by atoms with E-state index >= 15 is 0 Å². The highest BCUT2D eigenvalue weighted by Gasteiger charge is 2.19. The number of rotatable bonds is 2. The summed E-state index contributed by atoms with van der Waals surface area (Å²) in [6, 6.07) is 8.76. The van der Waals surface area contributed by atoms with Crippen LogP contribution in [0, 0.1) is 0 Å². The van der Waals surface area contributed by atoms with Crippen molar-refractivity contribution in [3.8, 4) is 0 Å². The molecule has 0 nitrogen and oxygen atoms in total. The zero-order valence-corrected chi connectivity index (χ0v) is 9.91. The summed E-state index contributed by atoms with van der Waals surface area (Å²) in [6.07, 6.45) is 4.94. The summed E-state index contributed by atoms with van der Waals surface area (Å²) in [4.78, 5) is 0. The fraction of sp³-hybridized carbons (Fsp3) is 0.333. The summed E-state index contributed by atoms with van der Waals surface area (Å²) in [7, 11) is 0. The predicted molar refractivity (Wildman–Crippen MR) is 66.1 cm³/mol. The lowest BCUT2D eigenvalue weighted by atomic mass is 9.97. The number of halogens is 1. The van der Waals surface area contributed by atoms with Crippen LogP contribution < -0.4 is 0 Å². The van der Waals surface area contributed by atoms with Crippen LogP contribution in [0.4, 0.5) is 0 Å². The molecule has 0 N–H and O–H groups in total. The van der Waals surface area contributed by atoms with Crippen molar-refractivity contribution < 1.29 is 0 Å². The van der Waals surface area contributed by atoms with E-state index in [0.717, 1.165) is 0 Å². The van der Waals surface area contributed by atoms with E-state index in [-0.39, 0.29) is 0 Å². The fourth-order valence-corrected chi connectivity index (χ4v) is 2.87. The molecule has 1 aliphatic rings. The van der Waals surface area contributed by atoms with Crippen molar-refractivity contribution in [3.63, 3.8) is 0 Å². The largest absolute Gasteiger partial charge is 0.0653 e. The summed E-state index contributed by atoms with van der Waals surface area (Å²) in [6.45, 7) is 2.25. The standard InChI is InChI=1S/C12H13I/c1-2-5-9-8-12(13)11-7-4-3-6-10(9)11/h3-4,6-9H,2,5H2,1H3/t9-/m0/s1. The molecule has 1 aromatic rings. The zero-order valence-electron chi connectivity index (χ0n) is 7.76. The maximum absolute atomic E-state index is 2.44. The Morgan fingerprint density at radius 1 is 1.31 bits per heavy atom. The maximum Gasteiger partial charge on any atom is 0.0172 e. The van der Waals surface area contributed by atoms with E-state index in [1.165, 1.54) is 27.5 Å². The second-order valence-electron chi connectivity index (χ2n) is 3.50. The first-order valence-electron chi connectivity index (χ1n) is 4.79. The van der Waals surface area contributed by atoms with Crippen molar-refractivity contribution in [2.24, 2.45) is 0 Å². The fourth-order valence-electron chi connectivity index (χ4n) is 1.94. The predicted octanol–water partition coefficient (Wildman–Crippen LogP) is 4.36. The summed E-state index contributed by atoms with van der Waals surface area (Å²) in [5.74, 6) is 0.674. The molecule has 0 aliphatic heterocycles. The molecule has 0 spiro atoms. The Labute approximate surface area is 93.2 Å². The van der Waals surface area contributed by atoms with E-state index in [0.29, 0.717) is 5.92 Å². The Bertz CT molecular complexity index is 339. The molecule has 1 atom stereocenters. The van der Waals surface area contributed by atoms with Gasteiger partial charge in [-0.3, -0.25) is 0 Å². The minimum atomic E-state index is 0.674. The molecule has 0 saturated carbocycles. The highest BCUT2D eigenvalue weighted by Crippen LogP contribution is 2.41. The molecular formula is C12H13I.